The van der Waals surface area contributed by atoms with Crippen LogP contribution in [0.3, 0.4) is 0 Å². The second-order valence-electron chi connectivity index (χ2n) is 6.46. The number of amides is 1. The Hall–Kier alpha value is -2.40. The zero-order valence-corrected chi connectivity index (χ0v) is 15.9. The van der Waals surface area contributed by atoms with Gasteiger partial charge >= 0.3 is 0 Å². The Morgan fingerprint density at radius 1 is 1.16 bits per heavy atom. The van der Waals surface area contributed by atoms with Crippen molar-refractivity contribution in [3.63, 3.8) is 0 Å². The summed E-state index contributed by atoms with van der Waals surface area (Å²) < 4.78 is 5.66. The average Bonchev–Trinajstić information content (AvgIpc) is 2.56. The molecular formula is C20H24N2O2S. The molecule has 4 nitrogen and oxygen atoms in total. The second kappa shape index (κ2) is 8.62. The van der Waals surface area contributed by atoms with Crippen LogP contribution in [0.25, 0.3) is 0 Å². The molecule has 132 valence electrons. The molecule has 25 heavy (non-hydrogen) atoms. The smallest absolute Gasteiger partial charge is 0.257 e. The van der Waals surface area contributed by atoms with E-state index in [1.165, 1.54) is 5.56 Å². The maximum Gasteiger partial charge on any atom is 0.257 e. The summed E-state index contributed by atoms with van der Waals surface area (Å²) in [5.74, 6) is 0.832. The van der Waals surface area contributed by atoms with Crippen molar-refractivity contribution in [3.8, 4) is 5.75 Å². The molecule has 2 aromatic rings. The van der Waals surface area contributed by atoms with Crippen LogP contribution >= 0.6 is 12.2 Å². The van der Waals surface area contributed by atoms with Gasteiger partial charge in [0.05, 0.1) is 6.61 Å². The zero-order chi connectivity index (χ0) is 18.4. The third-order valence-electron chi connectivity index (χ3n) is 3.54. The van der Waals surface area contributed by atoms with E-state index in [0.717, 1.165) is 11.3 Å². The highest BCUT2D eigenvalue weighted by molar-refractivity contribution is 7.80. The van der Waals surface area contributed by atoms with Gasteiger partial charge in [-0.05, 0) is 61.8 Å². The standard InChI is InChI=1S/C20H24N2O2S/c1-13(2)12-24-17-7-5-6-16(11-17)19(23)22-20(25)21-18-9-8-14(3)10-15(18)4/h5-11,13H,12H2,1-4H3,(H2,21,22,23,25). The Balaban J connectivity index is 1.99. The van der Waals surface area contributed by atoms with E-state index in [4.69, 9.17) is 17.0 Å². The van der Waals surface area contributed by atoms with Gasteiger partial charge < -0.3 is 10.1 Å². The average molecular weight is 356 g/mol. The zero-order valence-electron chi connectivity index (χ0n) is 15.1. The maximum atomic E-state index is 12.4. The van der Waals surface area contributed by atoms with Crippen LogP contribution in [-0.2, 0) is 0 Å². The van der Waals surface area contributed by atoms with E-state index in [2.05, 4.69) is 30.5 Å². The Morgan fingerprint density at radius 3 is 2.60 bits per heavy atom. The van der Waals surface area contributed by atoms with Crippen LogP contribution in [0.2, 0.25) is 0 Å². The van der Waals surface area contributed by atoms with Gasteiger partial charge in [-0.1, -0.05) is 37.6 Å². The van der Waals surface area contributed by atoms with Crippen molar-refractivity contribution in [2.75, 3.05) is 11.9 Å². The predicted octanol–water partition coefficient (Wildman–Crippen LogP) is 4.47. The predicted molar refractivity (Wildman–Crippen MR) is 106 cm³/mol. The Bertz CT molecular complexity index is 772. The third kappa shape index (κ3) is 5.87. The molecule has 0 unspecified atom stereocenters. The van der Waals surface area contributed by atoms with Crippen molar-refractivity contribution in [1.82, 2.24) is 5.32 Å². The van der Waals surface area contributed by atoms with Gasteiger partial charge in [-0.15, -0.1) is 0 Å². The number of hydrogen-bond acceptors (Lipinski definition) is 3. The minimum atomic E-state index is -0.266. The van der Waals surface area contributed by atoms with E-state index in [1.807, 2.05) is 32.0 Å². The number of nitrogens with one attached hydrogen (secondary N) is 2. The summed E-state index contributed by atoms with van der Waals surface area (Å²) in [7, 11) is 0. The molecule has 0 aromatic heterocycles. The number of thiocarbonyl (C=S) groups is 1. The van der Waals surface area contributed by atoms with Crippen molar-refractivity contribution < 1.29 is 9.53 Å². The Kier molecular flexibility index (Phi) is 6.53. The maximum absolute atomic E-state index is 12.4. The van der Waals surface area contributed by atoms with Gasteiger partial charge in [0, 0.05) is 11.3 Å². The number of anilines is 1. The number of benzene rings is 2. The molecule has 0 aliphatic rings. The van der Waals surface area contributed by atoms with Gasteiger partial charge in [0.1, 0.15) is 5.75 Å². The summed E-state index contributed by atoms with van der Waals surface area (Å²) in [4.78, 5) is 12.4. The molecule has 0 atom stereocenters. The molecule has 0 aliphatic heterocycles. The van der Waals surface area contributed by atoms with Crippen LogP contribution in [-0.4, -0.2) is 17.6 Å². The fourth-order valence-electron chi connectivity index (χ4n) is 2.27. The monoisotopic (exact) mass is 356 g/mol. The van der Waals surface area contributed by atoms with Crippen LogP contribution in [0.1, 0.15) is 35.3 Å². The lowest BCUT2D eigenvalue weighted by Gasteiger charge is -2.13. The minimum absolute atomic E-state index is 0.266. The lowest BCUT2D eigenvalue weighted by Crippen LogP contribution is -2.34. The summed E-state index contributed by atoms with van der Waals surface area (Å²) in [6, 6.07) is 13.1. The second-order valence-corrected chi connectivity index (χ2v) is 6.87. The summed E-state index contributed by atoms with van der Waals surface area (Å²) in [6.45, 7) is 8.79. The first kappa shape index (κ1) is 18.9. The molecule has 0 heterocycles. The summed E-state index contributed by atoms with van der Waals surface area (Å²) in [5.41, 5.74) is 3.63. The van der Waals surface area contributed by atoms with Crippen LogP contribution < -0.4 is 15.4 Å². The molecule has 2 aromatic carbocycles. The molecular weight excluding hydrogens is 332 g/mol. The van der Waals surface area contributed by atoms with Gasteiger partial charge in [-0.2, -0.15) is 0 Å². The van der Waals surface area contributed by atoms with Gasteiger partial charge in [-0.3, -0.25) is 10.1 Å². The van der Waals surface area contributed by atoms with Crippen molar-refractivity contribution in [2.24, 2.45) is 5.92 Å². The molecule has 2 rings (SSSR count). The molecule has 0 aliphatic carbocycles. The number of rotatable bonds is 5. The van der Waals surface area contributed by atoms with Gasteiger partial charge in [-0.25, -0.2) is 0 Å². The summed E-state index contributed by atoms with van der Waals surface area (Å²) in [6.07, 6.45) is 0. The van der Waals surface area contributed by atoms with Crippen molar-refractivity contribution in [2.45, 2.75) is 27.7 Å². The van der Waals surface area contributed by atoms with Crippen LogP contribution in [0.5, 0.6) is 5.75 Å². The molecule has 1 amide bonds. The minimum Gasteiger partial charge on any atom is -0.493 e. The van der Waals surface area contributed by atoms with E-state index in [9.17, 15) is 4.79 Å². The molecule has 5 heteroatoms. The molecule has 0 bridgehead atoms. The number of ether oxygens (including phenoxy) is 1. The van der Waals surface area contributed by atoms with Gasteiger partial charge in [0.25, 0.3) is 5.91 Å². The Morgan fingerprint density at radius 2 is 1.92 bits per heavy atom. The number of aryl methyl sites for hydroxylation is 2. The highest BCUT2D eigenvalue weighted by Crippen LogP contribution is 2.17. The van der Waals surface area contributed by atoms with E-state index >= 15 is 0 Å². The molecule has 0 spiro atoms. The van der Waals surface area contributed by atoms with Gasteiger partial charge in [0.2, 0.25) is 0 Å². The van der Waals surface area contributed by atoms with Crippen molar-refractivity contribution in [1.29, 1.82) is 0 Å². The van der Waals surface area contributed by atoms with Crippen molar-refractivity contribution in [3.05, 3.63) is 59.2 Å². The van der Waals surface area contributed by atoms with Crippen molar-refractivity contribution >= 4 is 28.9 Å². The topological polar surface area (TPSA) is 50.4 Å². The first-order chi connectivity index (χ1) is 11.8. The first-order valence-corrected chi connectivity index (χ1v) is 8.68. The lowest BCUT2D eigenvalue weighted by atomic mass is 10.1. The highest BCUT2D eigenvalue weighted by atomic mass is 32.1. The van der Waals surface area contributed by atoms with Crippen LogP contribution in [0.4, 0.5) is 5.69 Å². The quantitative estimate of drug-likeness (QED) is 0.777. The van der Waals surface area contributed by atoms with E-state index in [0.29, 0.717) is 23.8 Å². The van der Waals surface area contributed by atoms with Crippen LogP contribution in [0.15, 0.2) is 42.5 Å². The normalized spacial score (nSPS) is 10.4. The van der Waals surface area contributed by atoms with Crippen LogP contribution in [0, 0.1) is 19.8 Å². The van der Waals surface area contributed by atoms with Gasteiger partial charge in [0.15, 0.2) is 5.11 Å². The van der Waals surface area contributed by atoms with E-state index < -0.39 is 0 Å². The Labute approximate surface area is 154 Å². The molecule has 2 N–H and O–H groups in total. The third-order valence-corrected chi connectivity index (χ3v) is 3.74. The molecule has 0 fully saturated rings. The largest absolute Gasteiger partial charge is 0.493 e. The summed E-state index contributed by atoms with van der Waals surface area (Å²) in [5, 5.41) is 6.03. The fourth-order valence-corrected chi connectivity index (χ4v) is 2.48. The lowest BCUT2D eigenvalue weighted by molar-refractivity contribution is 0.0977. The fraction of sp³-hybridized carbons (Fsp3) is 0.300. The molecule has 0 radical (unpaired) electrons. The number of carbonyl (C=O) groups excluding carboxylic acids is 1. The SMILES string of the molecule is Cc1ccc(NC(=S)NC(=O)c2cccc(OCC(C)C)c2)c(C)c1. The molecule has 0 saturated carbocycles. The number of hydrogen-bond donors (Lipinski definition) is 2. The van der Waals surface area contributed by atoms with E-state index in [1.54, 1.807) is 18.2 Å². The molecule has 0 saturated heterocycles. The summed E-state index contributed by atoms with van der Waals surface area (Å²) >= 11 is 5.25. The highest BCUT2D eigenvalue weighted by Gasteiger charge is 2.10. The first-order valence-electron chi connectivity index (χ1n) is 8.27. The number of carbonyl (C=O) groups is 1. The van der Waals surface area contributed by atoms with E-state index in [-0.39, 0.29) is 11.0 Å².